The van der Waals surface area contributed by atoms with Crippen molar-refractivity contribution in [3.05, 3.63) is 29.8 Å². The third-order valence-corrected chi connectivity index (χ3v) is 1.82. The van der Waals surface area contributed by atoms with Gasteiger partial charge in [0.25, 0.3) is 0 Å². The molecule has 0 aliphatic carbocycles. The van der Waals surface area contributed by atoms with Gasteiger partial charge in [-0.1, -0.05) is 17.7 Å². The van der Waals surface area contributed by atoms with Crippen LogP contribution in [-0.4, -0.2) is 8.42 Å². The van der Waals surface area contributed by atoms with E-state index in [2.05, 4.69) is 6.07 Å². The third kappa shape index (κ3) is 1.57. The summed E-state index contributed by atoms with van der Waals surface area (Å²) in [5.74, 6) is 0. The predicted octanol–water partition coefficient (Wildman–Crippen LogP) is 0.766. The first kappa shape index (κ1) is 7.28. The van der Waals surface area contributed by atoms with Gasteiger partial charge in [-0.15, -0.1) is 0 Å². The van der Waals surface area contributed by atoms with Crippen LogP contribution in [0, 0.1) is 13.0 Å². The van der Waals surface area contributed by atoms with E-state index < -0.39 is 10.7 Å². The third-order valence-electron chi connectivity index (χ3n) is 1.15. The smallest absolute Gasteiger partial charge is 0.168 e. The van der Waals surface area contributed by atoms with Crippen LogP contribution in [-0.2, 0) is 10.7 Å². The summed E-state index contributed by atoms with van der Waals surface area (Å²) in [7, 11) is -2.46. The van der Waals surface area contributed by atoms with Crippen LogP contribution in [0.5, 0.6) is 0 Å². The summed E-state index contributed by atoms with van der Waals surface area (Å²) in [5.41, 5.74) is 1.01. The molecule has 0 aliphatic heterocycles. The molecule has 0 unspecified atom stereocenters. The van der Waals surface area contributed by atoms with E-state index >= 15 is 0 Å². The summed E-state index contributed by atoms with van der Waals surface area (Å²) >= 11 is 0. The number of thiol groups is 1. The Morgan fingerprint density at radius 1 is 1.40 bits per heavy atom. The van der Waals surface area contributed by atoms with Crippen LogP contribution < -0.4 is 0 Å². The first-order valence-electron chi connectivity index (χ1n) is 2.83. The molecule has 0 atom stereocenters. The van der Waals surface area contributed by atoms with Crippen LogP contribution in [0.25, 0.3) is 0 Å². The lowest BCUT2D eigenvalue weighted by atomic mass is 10.2. The van der Waals surface area contributed by atoms with E-state index in [0.717, 1.165) is 5.56 Å². The Kier molecular flexibility index (Phi) is 2.06. The number of benzene rings is 1. The Hall–Kier alpha value is -0.830. The fourth-order valence-corrected chi connectivity index (χ4v) is 0.974. The molecule has 1 aromatic carbocycles. The maximum absolute atomic E-state index is 10.3. The molecule has 0 aromatic heterocycles. The Morgan fingerprint density at radius 2 is 2.10 bits per heavy atom. The van der Waals surface area contributed by atoms with Crippen molar-refractivity contribution in [3.63, 3.8) is 0 Å². The Balaban J connectivity index is 3.12. The first-order chi connectivity index (χ1) is 4.70. The number of rotatable bonds is 1. The van der Waals surface area contributed by atoms with Crippen molar-refractivity contribution in [1.29, 1.82) is 0 Å². The second-order valence-corrected chi connectivity index (χ2v) is 3.00. The van der Waals surface area contributed by atoms with Gasteiger partial charge in [0.1, 0.15) is 0 Å². The molecule has 3 heteroatoms. The summed E-state index contributed by atoms with van der Waals surface area (Å²) in [6.45, 7) is 1.89. The molecule has 0 saturated carbocycles. The van der Waals surface area contributed by atoms with E-state index in [1.54, 1.807) is 18.2 Å². The lowest BCUT2D eigenvalue weighted by molar-refractivity contribution is 0.614. The molecule has 1 aromatic rings. The molecule has 0 amide bonds. The lowest BCUT2D eigenvalue weighted by Gasteiger charge is -1.89. The van der Waals surface area contributed by atoms with Crippen LogP contribution in [0.15, 0.2) is 23.1 Å². The second kappa shape index (κ2) is 2.84. The quantitative estimate of drug-likeness (QED) is 0.608. The Bertz CT molecular complexity index is 277. The minimum Gasteiger partial charge on any atom is -0.227 e. The van der Waals surface area contributed by atoms with Crippen molar-refractivity contribution in [2.45, 2.75) is 11.8 Å². The maximum Gasteiger partial charge on any atom is 0.168 e. The fraction of sp³-hybridized carbons (Fsp3) is 0.143. The highest BCUT2D eigenvalue weighted by atomic mass is 32.2. The zero-order valence-corrected chi connectivity index (χ0v) is 6.39. The Labute approximate surface area is 61.5 Å². The molecule has 0 bridgehead atoms. The molecular formula is C7H7O2S. The van der Waals surface area contributed by atoms with E-state index in [1.807, 2.05) is 6.92 Å². The number of aryl methyl sites for hydroxylation is 1. The van der Waals surface area contributed by atoms with Crippen LogP contribution in [0.3, 0.4) is 0 Å². The second-order valence-electron chi connectivity index (χ2n) is 2.01. The highest BCUT2D eigenvalue weighted by molar-refractivity contribution is 7.72. The number of hydrogen-bond acceptors (Lipinski definition) is 2. The van der Waals surface area contributed by atoms with Gasteiger partial charge >= 0.3 is 0 Å². The lowest BCUT2D eigenvalue weighted by Crippen LogP contribution is -1.79. The van der Waals surface area contributed by atoms with Gasteiger partial charge in [-0.3, -0.25) is 0 Å². The van der Waals surface area contributed by atoms with Gasteiger partial charge in [0.15, 0.2) is 10.7 Å². The highest BCUT2D eigenvalue weighted by Crippen LogP contribution is 2.02. The van der Waals surface area contributed by atoms with Gasteiger partial charge in [-0.25, -0.2) is 8.42 Å². The number of hydrogen-bond donors (Lipinski definition) is 1. The fourth-order valence-electron chi connectivity index (χ4n) is 0.608. The molecule has 2 nitrogen and oxygen atoms in total. The molecule has 0 spiro atoms. The Morgan fingerprint density at radius 3 is 2.50 bits per heavy atom. The van der Waals surface area contributed by atoms with Crippen molar-refractivity contribution in [2.75, 3.05) is 0 Å². The van der Waals surface area contributed by atoms with Crippen molar-refractivity contribution in [3.8, 4) is 0 Å². The summed E-state index contributed by atoms with van der Waals surface area (Å²) in [5, 5.41) is 0. The monoisotopic (exact) mass is 155 g/mol. The van der Waals surface area contributed by atoms with Gasteiger partial charge < -0.3 is 0 Å². The molecule has 1 radical (unpaired) electrons. The van der Waals surface area contributed by atoms with Gasteiger partial charge in [-0.2, -0.15) is 0 Å². The van der Waals surface area contributed by atoms with Gasteiger partial charge in [0, 0.05) is 6.07 Å². The summed E-state index contributed by atoms with van der Waals surface area (Å²) in [4.78, 5) is 0.251. The molecule has 0 aliphatic rings. The first-order valence-corrected chi connectivity index (χ1v) is 4.00. The van der Waals surface area contributed by atoms with Crippen molar-refractivity contribution in [2.24, 2.45) is 0 Å². The van der Waals surface area contributed by atoms with E-state index in [1.165, 1.54) is 0 Å². The molecule has 0 saturated heterocycles. The van der Waals surface area contributed by atoms with E-state index in [0.29, 0.717) is 0 Å². The highest BCUT2D eigenvalue weighted by Gasteiger charge is 1.91. The van der Waals surface area contributed by atoms with Gasteiger partial charge in [0.2, 0.25) is 0 Å². The van der Waals surface area contributed by atoms with E-state index in [-0.39, 0.29) is 4.90 Å². The van der Waals surface area contributed by atoms with Crippen LogP contribution in [0.4, 0.5) is 0 Å². The average molecular weight is 155 g/mol. The standard InChI is InChI=1S/C7H7O2S/c1-6-2-4-7(5-3-6)10(8)9/h2-4,10H,1H3. The normalized spacial score (nSPS) is 10.2. The van der Waals surface area contributed by atoms with Crippen LogP contribution in [0.2, 0.25) is 0 Å². The molecule has 10 heavy (non-hydrogen) atoms. The SMILES string of the molecule is Cc1c[c]c([SH](=O)=O)cc1. The van der Waals surface area contributed by atoms with Crippen molar-refractivity contribution in [1.82, 2.24) is 0 Å². The zero-order valence-electron chi connectivity index (χ0n) is 5.50. The largest absolute Gasteiger partial charge is 0.227 e. The molecule has 1 rings (SSSR count). The van der Waals surface area contributed by atoms with Crippen molar-refractivity contribution < 1.29 is 8.42 Å². The molecule has 0 fully saturated rings. The van der Waals surface area contributed by atoms with Crippen LogP contribution in [0.1, 0.15) is 5.56 Å². The molecule has 53 valence electrons. The van der Waals surface area contributed by atoms with E-state index in [4.69, 9.17) is 0 Å². The minimum atomic E-state index is -2.46. The topological polar surface area (TPSA) is 34.1 Å². The van der Waals surface area contributed by atoms with Crippen LogP contribution >= 0.6 is 0 Å². The molecule has 0 heterocycles. The van der Waals surface area contributed by atoms with Gasteiger partial charge in [0.05, 0.1) is 4.90 Å². The van der Waals surface area contributed by atoms with Gasteiger partial charge in [-0.05, 0) is 13.0 Å². The average Bonchev–Trinajstić information content (AvgIpc) is 1.88. The minimum absolute atomic E-state index is 0.251. The summed E-state index contributed by atoms with van der Waals surface area (Å²) in [6.07, 6.45) is 0. The van der Waals surface area contributed by atoms with Crippen molar-refractivity contribution >= 4 is 10.7 Å². The zero-order chi connectivity index (χ0) is 7.56. The summed E-state index contributed by atoms with van der Waals surface area (Å²) < 4.78 is 20.6. The molecular weight excluding hydrogens is 148 g/mol. The summed E-state index contributed by atoms with van der Waals surface area (Å²) in [6, 6.07) is 7.58. The molecule has 0 N–H and O–H groups in total. The maximum atomic E-state index is 10.3. The van der Waals surface area contributed by atoms with E-state index in [9.17, 15) is 8.42 Å². The predicted molar refractivity (Wildman–Crippen MR) is 38.6 cm³/mol.